The minimum absolute atomic E-state index is 0.276. The van der Waals surface area contributed by atoms with Crippen LogP contribution in [0.5, 0.6) is 0 Å². The van der Waals surface area contributed by atoms with Crippen LogP contribution < -0.4 is 0 Å². The Hall–Kier alpha value is -1.43. The zero-order chi connectivity index (χ0) is 17.1. The van der Waals surface area contributed by atoms with Gasteiger partial charge < -0.3 is 14.3 Å². The predicted octanol–water partition coefficient (Wildman–Crippen LogP) is 2.60. The van der Waals surface area contributed by atoms with Crippen LogP contribution in [-0.4, -0.2) is 58.1 Å². The molecule has 2 saturated heterocycles. The summed E-state index contributed by atoms with van der Waals surface area (Å²) >= 11 is 0. The normalized spacial score (nSPS) is 25.1. The number of amides is 1. The SMILES string of the molecule is CC(C)c1noc(CCCC(=O)N2CCC[C@@H]2[C@@H]2CCCN2C)n1. The first-order valence-electron chi connectivity index (χ1n) is 9.38. The molecular weight excluding hydrogens is 304 g/mol. The molecule has 0 saturated carbocycles. The molecule has 0 spiro atoms. The van der Waals surface area contributed by atoms with E-state index in [4.69, 9.17) is 4.52 Å². The van der Waals surface area contributed by atoms with E-state index in [-0.39, 0.29) is 5.92 Å². The zero-order valence-corrected chi connectivity index (χ0v) is 15.2. The number of hydrogen-bond acceptors (Lipinski definition) is 5. The van der Waals surface area contributed by atoms with Crippen molar-refractivity contribution in [3.8, 4) is 0 Å². The lowest BCUT2D eigenvalue weighted by Gasteiger charge is -2.33. The molecule has 0 radical (unpaired) electrons. The van der Waals surface area contributed by atoms with E-state index in [2.05, 4.69) is 27.0 Å². The number of hydrogen-bond donors (Lipinski definition) is 0. The molecule has 3 heterocycles. The van der Waals surface area contributed by atoms with Gasteiger partial charge in [-0.3, -0.25) is 4.79 Å². The molecule has 6 nitrogen and oxygen atoms in total. The molecule has 2 atom stereocenters. The quantitative estimate of drug-likeness (QED) is 0.800. The van der Waals surface area contributed by atoms with Gasteiger partial charge in [0.1, 0.15) is 0 Å². The highest BCUT2D eigenvalue weighted by Gasteiger charge is 2.37. The van der Waals surface area contributed by atoms with Gasteiger partial charge in [0.2, 0.25) is 11.8 Å². The van der Waals surface area contributed by atoms with Gasteiger partial charge in [-0.05, 0) is 45.7 Å². The van der Waals surface area contributed by atoms with Crippen LogP contribution in [0.2, 0.25) is 0 Å². The lowest BCUT2D eigenvalue weighted by Crippen LogP contribution is -2.47. The molecule has 0 aliphatic carbocycles. The summed E-state index contributed by atoms with van der Waals surface area (Å²) in [5, 5.41) is 3.98. The highest BCUT2D eigenvalue weighted by molar-refractivity contribution is 5.76. The summed E-state index contributed by atoms with van der Waals surface area (Å²) in [4.78, 5) is 21.6. The second kappa shape index (κ2) is 7.64. The summed E-state index contributed by atoms with van der Waals surface area (Å²) in [5.41, 5.74) is 0. The van der Waals surface area contributed by atoms with Crippen LogP contribution in [0.15, 0.2) is 4.52 Å². The van der Waals surface area contributed by atoms with Gasteiger partial charge in [-0.1, -0.05) is 19.0 Å². The van der Waals surface area contributed by atoms with Crippen molar-refractivity contribution in [2.45, 2.75) is 76.8 Å². The van der Waals surface area contributed by atoms with Gasteiger partial charge in [0.15, 0.2) is 5.82 Å². The summed E-state index contributed by atoms with van der Waals surface area (Å²) < 4.78 is 5.26. The number of likely N-dealkylation sites (tertiary alicyclic amines) is 2. The number of carbonyl (C=O) groups excluding carboxylic acids is 1. The fourth-order valence-electron chi connectivity index (χ4n) is 4.06. The Labute approximate surface area is 144 Å². The number of aromatic nitrogens is 2. The van der Waals surface area contributed by atoms with Gasteiger partial charge in [0, 0.05) is 37.4 Å². The molecule has 6 heteroatoms. The third-order valence-electron chi connectivity index (χ3n) is 5.42. The topological polar surface area (TPSA) is 62.5 Å². The molecule has 0 bridgehead atoms. The maximum atomic E-state index is 12.7. The van der Waals surface area contributed by atoms with Crippen LogP contribution >= 0.6 is 0 Å². The van der Waals surface area contributed by atoms with Crippen LogP contribution in [0.4, 0.5) is 0 Å². The molecule has 1 aromatic heterocycles. The van der Waals surface area contributed by atoms with Crippen molar-refractivity contribution in [3.05, 3.63) is 11.7 Å². The third kappa shape index (κ3) is 3.79. The number of carbonyl (C=O) groups is 1. The number of rotatable bonds is 6. The smallest absolute Gasteiger partial charge is 0.226 e. The fraction of sp³-hybridized carbons (Fsp3) is 0.833. The van der Waals surface area contributed by atoms with Crippen LogP contribution in [0, 0.1) is 0 Å². The summed E-state index contributed by atoms with van der Waals surface area (Å²) in [6.45, 7) is 6.18. The molecule has 134 valence electrons. The summed E-state index contributed by atoms with van der Waals surface area (Å²) in [5.74, 6) is 1.97. The van der Waals surface area contributed by atoms with Crippen molar-refractivity contribution in [2.75, 3.05) is 20.1 Å². The maximum absolute atomic E-state index is 12.7. The van der Waals surface area contributed by atoms with Crippen molar-refractivity contribution in [1.82, 2.24) is 19.9 Å². The van der Waals surface area contributed by atoms with E-state index >= 15 is 0 Å². The van der Waals surface area contributed by atoms with Gasteiger partial charge in [-0.15, -0.1) is 0 Å². The average molecular weight is 334 g/mol. The van der Waals surface area contributed by atoms with Gasteiger partial charge in [0.25, 0.3) is 0 Å². The Morgan fingerprint density at radius 3 is 2.67 bits per heavy atom. The molecule has 3 rings (SSSR count). The van der Waals surface area contributed by atoms with Gasteiger partial charge in [0.05, 0.1) is 0 Å². The largest absolute Gasteiger partial charge is 0.339 e. The average Bonchev–Trinajstić information content (AvgIpc) is 3.25. The second-order valence-corrected chi connectivity index (χ2v) is 7.54. The lowest BCUT2D eigenvalue weighted by atomic mass is 10.0. The maximum Gasteiger partial charge on any atom is 0.226 e. The van der Waals surface area contributed by atoms with Crippen LogP contribution in [-0.2, 0) is 11.2 Å². The van der Waals surface area contributed by atoms with E-state index < -0.39 is 0 Å². The van der Waals surface area contributed by atoms with Crippen LogP contribution in [0.25, 0.3) is 0 Å². The monoisotopic (exact) mass is 334 g/mol. The molecule has 1 aromatic rings. The molecule has 0 N–H and O–H groups in total. The van der Waals surface area contributed by atoms with E-state index in [1.54, 1.807) is 0 Å². The van der Waals surface area contributed by atoms with E-state index in [0.29, 0.717) is 36.7 Å². The molecule has 2 aliphatic heterocycles. The summed E-state index contributed by atoms with van der Waals surface area (Å²) in [6.07, 6.45) is 6.83. The standard InChI is InChI=1S/C18H30N4O2/c1-13(2)18-19-16(24-20-18)9-4-10-17(23)22-12-6-8-15(22)14-7-5-11-21(14)3/h13-15H,4-12H2,1-3H3/t14-,15+/m0/s1. The van der Waals surface area contributed by atoms with Gasteiger partial charge in [-0.25, -0.2) is 0 Å². The van der Waals surface area contributed by atoms with Gasteiger partial charge in [-0.2, -0.15) is 4.98 Å². The molecule has 24 heavy (non-hydrogen) atoms. The van der Waals surface area contributed by atoms with Gasteiger partial charge >= 0.3 is 0 Å². The first-order valence-corrected chi connectivity index (χ1v) is 9.38. The Bertz CT molecular complexity index is 557. The van der Waals surface area contributed by atoms with E-state index in [9.17, 15) is 4.79 Å². The van der Waals surface area contributed by atoms with E-state index in [1.807, 2.05) is 13.8 Å². The molecular formula is C18H30N4O2. The van der Waals surface area contributed by atoms with Crippen molar-refractivity contribution in [2.24, 2.45) is 0 Å². The first kappa shape index (κ1) is 17.4. The van der Waals surface area contributed by atoms with Crippen molar-refractivity contribution >= 4 is 5.91 Å². The van der Waals surface area contributed by atoms with Crippen LogP contribution in [0.1, 0.15) is 70.0 Å². The molecule has 2 aliphatic rings. The minimum atomic E-state index is 0.276. The number of nitrogens with zero attached hydrogens (tertiary/aromatic N) is 4. The Kier molecular flexibility index (Phi) is 5.54. The fourth-order valence-corrected chi connectivity index (χ4v) is 4.06. The highest BCUT2D eigenvalue weighted by atomic mass is 16.5. The van der Waals surface area contributed by atoms with Crippen molar-refractivity contribution < 1.29 is 9.32 Å². The van der Waals surface area contributed by atoms with Crippen molar-refractivity contribution in [1.29, 1.82) is 0 Å². The Morgan fingerprint density at radius 1 is 1.25 bits per heavy atom. The molecule has 0 unspecified atom stereocenters. The third-order valence-corrected chi connectivity index (χ3v) is 5.42. The van der Waals surface area contributed by atoms with E-state index in [0.717, 1.165) is 31.6 Å². The number of aryl methyl sites for hydroxylation is 1. The Morgan fingerprint density at radius 2 is 2.00 bits per heavy atom. The molecule has 2 fully saturated rings. The first-order chi connectivity index (χ1) is 11.6. The predicted molar refractivity (Wildman–Crippen MR) is 91.7 cm³/mol. The highest BCUT2D eigenvalue weighted by Crippen LogP contribution is 2.29. The second-order valence-electron chi connectivity index (χ2n) is 7.54. The lowest BCUT2D eigenvalue weighted by molar-refractivity contribution is -0.133. The van der Waals surface area contributed by atoms with Crippen molar-refractivity contribution in [3.63, 3.8) is 0 Å². The summed E-state index contributed by atoms with van der Waals surface area (Å²) in [6, 6.07) is 0.974. The van der Waals surface area contributed by atoms with Crippen LogP contribution in [0.3, 0.4) is 0 Å². The van der Waals surface area contributed by atoms with E-state index in [1.165, 1.54) is 19.4 Å². The summed E-state index contributed by atoms with van der Waals surface area (Å²) in [7, 11) is 2.19. The number of likely N-dealkylation sites (N-methyl/N-ethyl adjacent to an activating group) is 1. The molecule has 1 amide bonds. The minimum Gasteiger partial charge on any atom is -0.339 e. The molecule has 0 aromatic carbocycles. The zero-order valence-electron chi connectivity index (χ0n) is 15.2. The Balaban J connectivity index is 1.48.